The van der Waals surface area contributed by atoms with Crippen molar-refractivity contribution in [3.8, 4) is 0 Å². The molecule has 0 saturated carbocycles. The van der Waals surface area contributed by atoms with Gasteiger partial charge in [-0.25, -0.2) is 9.97 Å². The van der Waals surface area contributed by atoms with Crippen LogP contribution in [0, 0.1) is 13.8 Å². The molecule has 0 saturated heterocycles. The second-order valence-corrected chi connectivity index (χ2v) is 10.6. The summed E-state index contributed by atoms with van der Waals surface area (Å²) in [5.74, 6) is 0.502. The Morgan fingerprint density at radius 2 is 1.86 bits per heavy atom. The van der Waals surface area contributed by atoms with Crippen molar-refractivity contribution in [1.29, 1.82) is 0 Å². The number of nitrogens with one attached hydrogen (secondary N) is 1. The molecule has 1 aliphatic carbocycles. The van der Waals surface area contributed by atoms with E-state index < -0.39 is 21.7 Å². The van der Waals surface area contributed by atoms with E-state index in [1.165, 1.54) is 0 Å². The van der Waals surface area contributed by atoms with Crippen LogP contribution in [0.3, 0.4) is 0 Å². The largest absolute Gasteiger partial charge is 0.772 e. The van der Waals surface area contributed by atoms with Gasteiger partial charge in [0, 0.05) is 22.2 Å². The fraction of sp³-hybridized carbons (Fsp3) is 0.333. The molecule has 8 heteroatoms. The van der Waals surface area contributed by atoms with Crippen molar-refractivity contribution < 1.29 is 18.4 Å². The van der Waals surface area contributed by atoms with Crippen LogP contribution in [-0.2, 0) is 34.1 Å². The van der Waals surface area contributed by atoms with Crippen molar-refractivity contribution in [3.05, 3.63) is 88.0 Å². The Morgan fingerprint density at radius 3 is 2.51 bits per heavy atom. The maximum atomic E-state index is 13.5. The summed E-state index contributed by atoms with van der Waals surface area (Å²) in [6.45, 7) is 7.29. The summed E-state index contributed by atoms with van der Waals surface area (Å²) in [5, 5.41) is 2.31. The zero-order valence-corrected chi connectivity index (χ0v) is 21.1. The Morgan fingerprint density at radius 1 is 1.14 bits per heavy atom. The van der Waals surface area contributed by atoms with E-state index in [-0.39, 0.29) is 18.1 Å². The van der Waals surface area contributed by atoms with Crippen LogP contribution in [-0.4, -0.2) is 30.4 Å². The van der Waals surface area contributed by atoms with Crippen LogP contribution in [0.5, 0.6) is 0 Å². The summed E-state index contributed by atoms with van der Waals surface area (Å²) >= 11 is -2.19. The number of anilines is 1. The van der Waals surface area contributed by atoms with E-state index in [4.69, 9.17) is 0 Å². The first-order valence-electron chi connectivity index (χ1n) is 11.5. The van der Waals surface area contributed by atoms with Gasteiger partial charge in [0.05, 0.1) is 17.5 Å². The first kappa shape index (κ1) is 24.9. The quantitative estimate of drug-likeness (QED) is 0.516. The number of hydrogen-bond acceptors (Lipinski definition) is 6. The average Bonchev–Trinajstić information content (AvgIpc) is 2.81. The van der Waals surface area contributed by atoms with Crippen molar-refractivity contribution in [2.75, 3.05) is 5.32 Å². The topological polar surface area (TPSA) is 112 Å². The molecule has 0 radical (unpaired) electrons. The maximum absolute atomic E-state index is 13.5. The van der Waals surface area contributed by atoms with Crippen molar-refractivity contribution in [2.45, 2.75) is 57.6 Å². The lowest BCUT2D eigenvalue weighted by Crippen LogP contribution is -2.38. The summed E-state index contributed by atoms with van der Waals surface area (Å²) in [4.78, 5) is 35.0. The van der Waals surface area contributed by atoms with Crippen molar-refractivity contribution in [1.82, 2.24) is 9.97 Å². The fourth-order valence-corrected chi connectivity index (χ4v) is 4.93. The average molecular weight is 491 g/mol. The molecule has 7 nitrogen and oxygen atoms in total. The van der Waals surface area contributed by atoms with Gasteiger partial charge in [0.1, 0.15) is 5.82 Å². The van der Waals surface area contributed by atoms with E-state index in [1.807, 2.05) is 32.9 Å². The van der Waals surface area contributed by atoms with Gasteiger partial charge in [-0.3, -0.25) is 13.8 Å². The standard InChI is InChI=1S/C27H29N3O4S/c1-16-13-24(29-18(3)28-16)27(4)12-11-21-15-22(9-10-23(21)26(27)32)30-25(31)14-19-5-7-20(8-6-19)17(2)35(33)34/h5-10,13,15,17H,11-12,14H2,1-4H3,(H,30,31)(H,33,34)/p-1. The van der Waals surface area contributed by atoms with Crippen molar-refractivity contribution in [2.24, 2.45) is 0 Å². The van der Waals surface area contributed by atoms with Gasteiger partial charge in [-0.05, 0) is 92.6 Å². The number of rotatable bonds is 6. The summed E-state index contributed by atoms with van der Waals surface area (Å²) in [5.41, 5.74) is 4.56. The molecule has 35 heavy (non-hydrogen) atoms. The lowest BCUT2D eigenvalue weighted by molar-refractivity contribution is -0.115. The van der Waals surface area contributed by atoms with Gasteiger partial charge in [0.25, 0.3) is 0 Å². The number of Topliss-reactive ketones (excluding diaryl/α,β-unsaturated/α-hetero) is 1. The number of nitrogens with zero attached hydrogens (tertiary/aromatic N) is 2. The molecular weight excluding hydrogens is 462 g/mol. The fourth-order valence-electron chi connectivity index (χ4n) is 4.55. The van der Waals surface area contributed by atoms with Gasteiger partial charge in [0.2, 0.25) is 5.91 Å². The van der Waals surface area contributed by atoms with E-state index in [0.717, 1.165) is 22.5 Å². The minimum absolute atomic E-state index is 0.0301. The van der Waals surface area contributed by atoms with E-state index in [1.54, 1.807) is 43.3 Å². The predicted molar refractivity (Wildman–Crippen MR) is 134 cm³/mol. The third-order valence-electron chi connectivity index (χ3n) is 6.66. The van der Waals surface area contributed by atoms with Crippen LogP contribution in [0.1, 0.15) is 69.8 Å². The number of carbonyl (C=O) groups is 2. The predicted octanol–water partition coefficient (Wildman–Crippen LogP) is 4.30. The van der Waals surface area contributed by atoms with Gasteiger partial charge in [0.15, 0.2) is 5.78 Å². The minimum atomic E-state index is -2.19. The van der Waals surface area contributed by atoms with E-state index in [9.17, 15) is 18.4 Å². The first-order chi connectivity index (χ1) is 16.6. The van der Waals surface area contributed by atoms with E-state index >= 15 is 0 Å². The Bertz CT molecular complexity index is 1300. The van der Waals surface area contributed by atoms with Crippen molar-refractivity contribution >= 4 is 28.5 Å². The molecular formula is C27H28N3O4S-. The number of amides is 1. The molecule has 0 spiro atoms. The summed E-state index contributed by atoms with van der Waals surface area (Å²) in [6, 6.07) is 14.3. The second-order valence-electron chi connectivity index (χ2n) is 9.34. The van der Waals surface area contributed by atoms with Gasteiger partial charge < -0.3 is 9.87 Å². The molecule has 1 aliphatic rings. The summed E-state index contributed by atoms with van der Waals surface area (Å²) in [6.07, 6.45) is 1.49. The lowest BCUT2D eigenvalue weighted by atomic mass is 9.69. The van der Waals surface area contributed by atoms with Crippen LogP contribution >= 0.6 is 0 Å². The van der Waals surface area contributed by atoms with Gasteiger partial charge in [-0.15, -0.1) is 0 Å². The van der Waals surface area contributed by atoms with Crippen LogP contribution in [0.15, 0.2) is 48.5 Å². The number of benzene rings is 2. The van der Waals surface area contributed by atoms with Crippen molar-refractivity contribution in [3.63, 3.8) is 0 Å². The number of fused-ring (bicyclic) bond motifs is 1. The molecule has 2 aromatic carbocycles. The number of hydrogen-bond donors (Lipinski definition) is 1. The highest BCUT2D eigenvalue weighted by atomic mass is 32.2. The molecule has 0 aliphatic heterocycles. The number of aromatic nitrogens is 2. The van der Waals surface area contributed by atoms with Gasteiger partial charge in [-0.1, -0.05) is 24.3 Å². The van der Waals surface area contributed by atoms with Crippen LogP contribution in [0.25, 0.3) is 0 Å². The third kappa shape index (κ3) is 5.23. The number of carbonyl (C=O) groups excluding carboxylic acids is 2. The molecule has 182 valence electrons. The zero-order chi connectivity index (χ0) is 25.3. The van der Waals surface area contributed by atoms with Gasteiger partial charge >= 0.3 is 0 Å². The number of aryl methyl sites for hydroxylation is 3. The minimum Gasteiger partial charge on any atom is -0.772 e. The molecule has 1 N–H and O–H groups in total. The molecule has 3 aromatic rings. The molecule has 3 atom stereocenters. The van der Waals surface area contributed by atoms with Gasteiger partial charge in [-0.2, -0.15) is 0 Å². The third-order valence-corrected chi connectivity index (χ3v) is 7.51. The molecule has 0 fully saturated rings. The molecule has 1 amide bonds. The maximum Gasteiger partial charge on any atom is 0.228 e. The summed E-state index contributed by atoms with van der Waals surface area (Å²) in [7, 11) is 0. The molecule has 0 bridgehead atoms. The molecule has 1 aromatic heterocycles. The summed E-state index contributed by atoms with van der Waals surface area (Å²) < 4.78 is 22.3. The first-order valence-corrected chi connectivity index (χ1v) is 12.7. The monoisotopic (exact) mass is 490 g/mol. The zero-order valence-electron chi connectivity index (χ0n) is 20.3. The molecule has 4 rings (SSSR count). The Kier molecular flexibility index (Phi) is 6.96. The Hall–Kier alpha value is -3.23. The molecule has 3 unspecified atom stereocenters. The Balaban J connectivity index is 1.46. The van der Waals surface area contributed by atoms with Crippen LogP contribution in [0.4, 0.5) is 5.69 Å². The van der Waals surface area contributed by atoms with E-state index in [2.05, 4.69) is 15.3 Å². The molecule has 1 heterocycles. The van der Waals surface area contributed by atoms with Crippen LogP contribution < -0.4 is 5.32 Å². The number of ketones is 1. The Labute approximate surface area is 207 Å². The van der Waals surface area contributed by atoms with E-state index in [0.29, 0.717) is 35.5 Å². The highest BCUT2D eigenvalue weighted by molar-refractivity contribution is 7.79. The SMILES string of the molecule is Cc1cc(C2(C)CCc3cc(NC(=O)Cc4ccc(C(C)S(=O)[O-])cc4)ccc3C2=O)nc(C)n1. The smallest absolute Gasteiger partial charge is 0.228 e. The second kappa shape index (κ2) is 9.79. The van der Waals surface area contributed by atoms with Crippen LogP contribution in [0.2, 0.25) is 0 Å². The normalized spacial score (nSPS) is 19.1. The highest BCUT2D eigenvalue weighted by Gasteiger charge is 2.41. The highest BCUT2D eigenvalue weighted by Crippen LogP contribution is 2.38. The lowest BCUT2D eigenvalue weighted by Gasteiger charge is -2.33.